The Morgan fingerprint density at radius 2 is 2.59 bits per heavy atom. The van der Waals surface area contributed by atoms with Crippen molar-refractivity contribution in [1.29, 1.82) is 0 Å². The molecule has 0 aromatic carbocycles. The predicted molar refractivity (Wildman–Crippen MR) is 72.2 cm³/mol. The van der Waals surface area contributed by atoms with Crippen molar-refractivity contribution >= 4 is 28.1 Å². The van der Waals surface area contributed by atoms with Gasteiger partial charge >= 0.3 is 0 Å². The Hall–Kier alpha value is -0.720. The second kappa shape index (κ2) is 4.88. The first-order valence-corrected chi connectivity index (χ1v) is 7.71. The summed E-state index contributed by atoms with van der Waals surface area (Å²) in [7, 11) is 1.68. The number of imidazole rings is 1. The molecule has 1 fully saturated rings. The summed E-state index contributed by atoms with van der Waals surface area (Å²) in [6.45, 7) is 0.826. The van der Waals surface area contributed by atoms with E-state index in [0.29, 0.717) is 6.04 Å². The molecule has 0 saturated carbocycles. The molecule has 0 bridgehead atoms. The molecule has 0 spiro atoms. The molecule has 1 aliphatic heterocycles. The van der Waals surface area contributed by atoms with Crippen molar-refractivity contribution in [2.75, 3.05) is 18.6 Å². The summed E-state index contributed by atoms with van der Waals surface area (Å²) in [5.41, 5.74) is 1.13. The van der Waals surface area contributed by atoms with Gasteiger partial charge in [0.1, 0.15) is 5.69 Å². The van der Waals surface area contributed by atoms with Gasteiger partial charge in [-0.3, -0.25) is 4.40 Å². The SMILES string of the molecule is COc1nc2sccn2c1CNC1CCSC1. The number of thiazole rings is 1. The van der Waals surface area contributed by atoms with E-state index >= 15 is 0 Å². The molecule has 1 unspecified atom stereocenters. The van der Waals surface area contributed by atoms with Gasteiger partial charge in [0.2, 0.25) is 5.88 Å². The molecular weight excluding hydrogens is 254 g/mol. The van der Waals surface area contributed by atoms with Crippen molar-refractivity contribution in [3.63, 3.8) is 0 Å². The molecule has 3 heterocycles. The van der Waals surface area contributed by atoms with Gasteiger partial charge in [0.15, 0.2) is 4.96 Å². The Balaban J connectivity index is 1.79. The number of thioether (sulfide) groups is 1. The number of nitrogens with zero attached hydrogens (tertiary/aromatic N) is 2. The van der Waals surface area contributed by atoms with Gasteiger partial charge in [0.05, 0.1) is 7.11 Å². The van der Waals surface area contributed by atoms with E-state index in [-0.39, 0.29) is 0 Å². The molecule has 17 heavy (non-hydrogen) atoms. The van der Waals surface area contributed by atoms with Gasteiger partial charge in [-0.15, -0.1) is 11.3 Å². The standard InChI is InChI=1S/C11H15N3OS2/c1-15-10-9(6-12-8-2-4-16-7-8)14-3-5-17-11(14)13-10/h3,5,8,12H,2,4,6-7H2,1H3. The van der Waals surface area contributed by atoms with E-state index in [4.69, 9.17) is 4.74 Å². The van der Waals surface area contributed by atoms with Crippen LogP contribution in [0.2, 0.25) is 0 Å². The van der Waals surface area contributed by atoms with Crippen molar-refractivity contribution in [3.05, 3.63) is 17.3 Å². The molecule has 2 aromatic heterocycles. The highest BCUT2D eigenvalue weighted by atomic mass is 32.2. The third-order valence-electron chi connectivity index (χ3n) is 3.01. The number of hydrogen-bond donors (Lipinski definition) is 1. The summed E-state index contributed by atoms with van der Waals surface area (Å²) >= 11 is 3.66. The number of aromatic nitrogens is 2. The largest absolute Gasteiger partial charge is 0.480 e. The molecule has 0 amide bonds. The van der Waals surface area contributed by atoms with Gasteiger partial charge in [-0.2, -0.15) is 16.7 Å². The molecule has 6 heteroatoms. The summed E-state index contributed by atoms with van der Waals surface area (Å²) in [6.07, 6.45) is 3.31. The van der Waals surface area contributed by atoms with E-state index in [9.17, 15) is 0 Å². The number of methoxy groups -OCH3 is 1. The van der Waals surface area contributed by atoms with Gasteiger partial charge in [0, 0.05) is 29.9 Å². The van der Waals surface area contributed by atoms with E-state index in [1.54, 1.807) is 18.4 Å². The fraction of sp³-hybridized carbons (Fsp3) is 0.545. The first-order chi connectivity index (χ1) is 8.38. The first kappa shape index (κ1) is 11.4. The van der Waals surface area contributed by atoms with Crippen LogP contribution in [0.3, 0.4) is 0 Å². The quantitative estimate of drug-likeness (QED) is 0.921. The molecule has 1 N–H and O–H groups in total. The average molecular weight is 269 g/mol. The highest BCUT2D eigenvalue weighted by Crippen LogP contribution is 2.24. The minimum Gasteiger partial charge on any atom is -0.480 e. The van der Waals surface area contributed by atoms with Crippen molar-refractivity contribution in [1.82, 2.24) is 14.7 Å². The van der Waals surface area contributed by atoms with Crippen LogP contribution < -0.4 is 10.1 Å². The molecule has 1 atom stereocenters. The van der Waals surface area contributed by atoms with Crippen LogP contribution in [-0.2, 0) is 6.54 Å². The van der Waals surface area contributed by atoms with E-state index in [2.05, 4.69) is 26.3 Å². The lowest BCUT2D eigenvalue weighted by atomic mass is 10.2. The topological polar surface area (TPSA) is 38.6 Å². The second-order valence-corrected chi connectivity index (χ2v) is 6.09. The fourth-order valence-corrected chi connectivity index (χ4v) is 3.98. The van der Waals surface area contributed by atoms with Gasteiger partial charge in [-0.1, -0.05) is 0 Å². The molecule has 2 aromatic rings. The zero-order valence-electron chi connectivity index (χ0n) is 9.68. The number of nitrogens with one attached hydrogen (secondary N) is 1. The van der Waals surface area contributed by atoms with Crippen LogP contribution in [0.1, 0.15) is 12.1 Å². The Labute approximate surface area is 108 Å². The van der Waals surface area contributed by atoms with Gasteiger partial charge in [-0.25, -0.2) is 0 Å². The van der Waals surface area contributed by atoms with E-state index < -0.39 is 0 Å². The number of hydrogen-bond acceptors (Lipinski definition) is 5. The summed E-state index contributed by atoms with van der Waals surface area (Å²) in [5, 5.41) is 5.64. The highest BCUT2D eigenvalue weighted by molar-refractivity contribution is 7.99. The Kier molecular flexibility index (Phi) is 3.26. The fourth-order valence-electron chi connectivity index (χ4n) is 2.07. The molecular formula is C11H15N3OS2. The normalized spacial score (nSPS) is 20.2. The van der Waals surface area contributed by atoms with Crippen molar-refractivity contribution < 1.29 is 4.74 Å². The van der Waals surface area contributed by atoms with Crippen LogP contribution in [-0.4, -0.2) is 34.0 Å². The summed E-state index contributed by atoms with van der Waals surface area (Å²) < 4.78 is 7.44. The van der Waals surface area contributed by atoms with Crippen LogP contribution in [0.25, 0.3) is 4.96 Å². The molecule has 0 aliphatic carbocycles. The minimum absolute atomic E-state index is 0.633. The van der Waals surface area contributed by atoms with Gasteiger partial charge in [0.25, 0.3) is 0 Å². The Morgan fingerprint density at radius 3 is 3.35 bits per heavy atom. The maximum atomic E-state index is 5.33. The van der Waals surface area contributed by atoms with Crippen molar-refractivity contribution in [2.24, 2.45) is 0 Å². The maximum absolute atomic E-state index is 5.33. The molecule has 0 radical (unpaired) electrons. The van der Waals surface area contributed by atoms with Gasteiger partial charge in [-0.05, 0) is 12.2 Å². The average Bonchev–Trinajstić information content (AvgIpc) is 3.03. The number of fused-ring (bicyclic) bond motifs is 1. The lowest BCUT2D eigenvalue weighted by Gasteiger charge is -2.11. The zero-order chi connectivity index (χ0) is 11.7. The lowest BCUT2D eigenvalue weighted by molar-refractivity contribution is 0.391. The molecule has 3 rings (SSSR count). The van der Waals surface area contributed by atoms with E-state index in [1.807, 2.05) is 11.8 Å². The maximum Gasteiger partial charge on any atom is 0.237 e. The third kappa shape index (κ3) is 2.17. The zero-order valence-corrected chi connectivity index (χ0v) is 11.3. The summed E-state index contributed by atoms with van der Waals surface area (Å²) in [4.78, 5) is 5.45. The molecule has 92 valence electrons. The molecule has 1 aliphatic rings. The smallest absolute Gasteiger partial charge is 0.237 e. The second-order valence-electron chi connectivity index (χ2n) is 4.06. The number of rotatable bonds is 4. The van der Waals surface area contributed by atoms with Crippen LogP contribution in [0.4, 0.5) is 0 Å². The highest BCUT2D eigenvalue weighted by Gasteiger charge is 2.18. The van der Waals surface area contributed by atoms with Crippen LogP contribution in [0.15, 0.2) is 11.6 Å². The van der Waals surface area contributed by atoms with Crippen LogP contribution in [0, 0.1) is 0 Å². The minimum atomic E-state index is 0.633. The predicted octanol–water partition coefficient (Wildman–Crippen LogP) is 2.00. The Morgan fingerprint density at radius 1 is 1.65 bits per heavy atom. The van der Waals surface area contributed by atoms with Gasteiger partial charge < -0.3 is 10.1 Å². The molecule has 4 nitrogen and oxygen atoms in total. The van der Waals surface area contributed by atoms with E-state index in [0.717, 1.165) is 23.1 Å². The Bertz CT molecular complexity index is 502. The van der Waals surface area contributed by atoms with E-state index in [1.165, 1.54) is 17.9 Å². The van der Waals surface area contributed by atoms with Crippen molar-refractivity contribution in [2.45, 2.75) is 19.0 Å². The molecule has 1 saturated heterocycles. The monoisotopic (exact) mass is 269 g/mol. The first-order valence-electron chi connectivity index (χ1n) is 5.68. The van der Waals surface area contributed by atoms with Crippen molar-refractivity contribution in [3.8, 4) is 5.88 Å². The lowest BCUT2D eigenvalue weighted by Crippen LogP contribution is -2.28. The van der Waals surface area contributed by atoms with Crippen LogP contribution in [0.5, 0.6) is 5.88 Å². The summed E-state index contributed by atoms with van der Waals surface area (Å²) in [5.74, 6) is 3.23. The number of ether oxygens (including phenoxy) is 1. The van der Waals surface area contributed by atoms with Crippen LogP contribution >= 0.6 is 23.1 Å². The third-order valence-corrected chi connectivity index (χ3v) is 4.92. The summed E-state index contributed by atoms with van der Waals surface area (Å²) in [6, 6.07) is 0.633.